The molecule has 4 rings (SSSR count). The summed E-state index contributed by atoms with van der Waals surface area (Å²) in [5.74, 6) is 1.31. The van der Waals surface area contributed by atoms with Crippen molar-refractivity contribution in [3.05, 3.63) is 35.9 Å². The van der Waals surface area contributed by atoms with Crippen molar-refractivity contribution in [2.45, 2.75) is 37.8 Å². The van der Waals surface area contributed by atoms with Gasteiger partial charge in [-0.2, -0.15) is 0 Å². The molecule has 0 aromatic heterocycles. The van der Waals surface area contributed by atoms with Gasteiger partial charge in [0.2, 0.25) is 0 Å². The van der Waals surface area contributed by atoms with Crippen LogP contribution < -0.4 is 5.73 Å². The van der Waals surface area contributed by atoms with E-state index in [1.54, 1.807) is 0 Å². The smallest absolute Gasteiger partial charge is 0.0315 e. The third-order valence-electron chi connectivity index (χ3n) is 4.77. The molecule has 3 aliphatic heterocycles. The molecule has 0 radical (unpaired) electrons. The molecule has 1 aromatic carbocycles. The highest BCUT2D eigenvalue weighted by Gasteiger charge is 2.42. The summed E-state index contributed by atoms with van der Waals surface area (Å²) in [5.41, 5.74) is 7.89. The van der Waals surface area contributed by atoms with E-state index in [9.17, 15) is 0 Å². The van der Waals surface area contributed by atoms with Crippen molar-refractivity contribution in [3.63, 3.8) is 0 Å². The Bertz CT molecular complexity index is 375. The highest BCUT2D eigenvalue weighted by molar-refractivity contribution is 5.85. The van der Waals surface area contributed by atoms with E-state index in [0.717, 1.165) is 5.92 Å². The summed E-state index contributed by atoms with van der Waals surface area (Å²) in [6.45, 7) is 4.83. The molecule has 19 heavy (non-hydrogen) atoms. The lowest BCUT2D eigenvalue weighted by Crippen LogP contribution is -2.62. The number of hydrogen-bond acceptors (Lipinski definition) is 2. The lowest BCUT2D eigenvalue weighted by atomic mass is 9.73. The van der Waals surface area contributed by atoms with Gasteiger partial charge in [-0.1, -0.05) is 37.3 Å². The van der Waals surface area contributed by atoms with E-state index < -0.39 is 0 Å². The van der Waals surface area contributed by atoms with Crippen LogP contribution in [0.25, 0.3) is 0 Å². The van der Waals surface area contributed by atoms with Crippen LogP contribution in [0.1, 0.15) is 31.2 Å². The van der Waals surface area contributed by atoms with Crippen LogP contribution in [0.5, 0.6) is 0 Å². The Kier molecular flexibility index (Phi) is 6.13. The van der Waals surface area contributed by atoms with Gasteiger partial charge >= 0.3 is 0 Å². The van der Waals surface area contributed by atoms with Crippen molar-refractivity contribution >= 4 is 24.8 Å². The molecule has 2 N–H and O–H groups in total. The average molecular weight is 303 g/mol. The van der Waals surface area contributed by atoms with Crippen molar-refractivity contribution in [1.29, 1.82) is 0 Å². The predicted molar refractivity (Wildman–Crippen MR) is 85.4 cm³/mol. The van der Waals surface area contributed by atoms with E-state index in [2.05, 4.69) is 42.2 Å². The van der Waals surface area contributed by atoms with Gasteiger partial charge in [-0.05, 0) is 43.3 Å². The van der Waals surface area contributed by atoms with Gasteiger partial charge < -0.3 is 5.73 Å². The molecule has 0 saturated carbocycles. The zero-order valence-corrected chi connectivity index (χ0v) is 13.0. The van der Waals surface area contributed by atoms with E-state index in [4.69, 9.17) is 5.73 Å². The minimum Gasteiger partial charge on any atom is -0.326 e. The molecular formula is C15H24Cl2N2. The second kappa shape index (κ2) is 6.94. The molecule has 1 aromatic rings. The van der Waals surface area contributed by atoms with Crippen LogP contribution in [0.2, 0.25) is 0 Å². The molecule has 1 unspecified atom stereocenters. The molecule has 3 fully saturated rings. The van der Waals surface area contributed by atoms with Crippen molar-refractivity contribution in [3.8, 4) is 0 Å². The first kappa shape index (κ1) is 16.8. The molecule has 2 bridgehead atoms. The van der Waals surface area contributed by atoms with Crippen LogP contribution in [-0.2, 0) is 0 Å². The summed E-state index contributed by atoms with van der Waals surface area (Å²) in [4.78, 5) is 2.61. The topological polar surface area (TPSA) is 29.3 Å². The maximum Gasteiger partial charge on any atom is 0.0315 e. The maximum absolute atomic E-state index is 6.46. The predicted octanol–water partition coefficient (Wildman–Crippen LogP) is 3.06. The Labute approximate surface area is 128 Å². The van der Waals surface area contributed by atoms with Gasteiger partial charge in [-0.25, -0.2) is 0 Å². The van der Waals surface area contributed by atoms with Crippen LogP contribution in [0.4, 0.5) is 0 Å². The second-order valence-electron chi connectivity index (χ2n) is 5.64. The molecule has 3 aliphatic rings. The van der Waals surface area contributed by atoms with Crippen LogP contribution in [0.15, 0.2) is 30.3 Å². The standard InChI is InChI=1S/C15H22N2.2ClH/c1-11(12-5-3-2-4-6-12)15-14(16)13-7-9-17(15)10-8-13;;/h2-6,11,13-15H,7-10,16H2,1H3;2*1H/t11?,14-,15+;;/m1../s1. The first-order chi connectivity index (χ1) is 8.27. The fourth-order valence-electron chi connectivity index (χ4n) is 3.73. The van der Waals surface area contributed by atoms with E-state index in [0.29, 0.717) is 18.0 Å². The zero-order chi connectivity index (χ0) is 11.8. The molecule has 0 spiro atoms. The summed E-state index contributed by atoms with van der Waals surface area (Å²) in [7, 11) is 0. The monoisotopic (exact) mass is 302 g/mol. The normalized spacial score (nSPS) is 34.0. The van der Waals surface area contributed by atoms with Crippen molar-refractivity contribution in [1.82, 2.24) is 4.90 Å². The first-order valence-electron chi connectivity index (χ1n) is 6.82. The molecule has 0 aliphatic carbocycles. The highest BCUT2D eigenvalue weighted by Crippen LogP contribution is 2.37. The van der Waals surface area contributed by atoms with Gasteiger partial charge in [-0.3, -0.25) is 4.90 Å². The van der Waals surface area contributed by atoms with E-state index in [1.807, 2.05) is 0 Å². The third-order valence-corrected chi connectivity index (χ3v) is 4.77. The van der Waals surface area contributed by atoms with E-state index in [1.165, 1.54) is 31.5 Å². The summed E-state index contributed by atoms with van der Waals surface area (Å²) in [6.07, 6.45) is 2.61. The molecular weight excluding hydrogens is 279 g/mol. The van der Waals surface area contributed by atoms with Crippen LogP contribution in [-0.4, -0.2) is 30.1 Å². The Morgan fingerprint density at radius 3 is 2.21 bits per heavy atom. The first-order valence-corrected chi connectivity index (χ1v) is 6.82. The number of nitrogens with zero attached hydrogens (tertiary/aromatic N) is 1. The highest BCUT2D eigenvalue weighted by atomic mass is 35.5. The Balaban J connectivity index is 0.000000902. The Hall–Kier alpha value is -0.280. The van der Waals surface area contributed by atoms with Gasteiger partial charge in [0.15, 0.2) is 0 Å². The summed E-state index contributed by atoms with van der Waals surface area (Å²) >= 11 is 0. The average Bonchev–Trinajstić information content (AvgIpc) is 2.40. The van der Waals surface area contributed by atoms with Gasteiger partial charge in [0, 0.05) is 12.1 Å². The molecule has 3 saturated heterocycles. The molecule has 4 heteroatoms. The SMILES string of the molecule is CC(c1ccccc1)[C@H]1[C@H](N)C2CCN1CC2.Cl.Cl. The number of rotatable bonds is 2. The van der Waals surface area contributed by atoms with Gasteiger partial charge in [-0.15, -0.1) is 24.8 Å². The lowest BCUT2D eigenvalue weighted by molar-refractivity contribution is 0.0171. The summed E-state index contributed by atoms with van der Waals surface area (Å²) < 4.78 is 0. The molecule has 108 valence electrons. The summed E-state index contributed by atoms with van der Waals surface area (Å²) in [5, 5.41) is 0. The number of piperidine rings is 3. The van der Waals surface area contributed by atoms with Gasteiger partial charge in [0.1, 0.15) is 0 Å². The summed E-state index contributed by atoms with van der Waals surface area (Å²) in [6, 6.07) is 11.7. The third kappa shape index (κ3) is 3.08. The zero-order valence-electron chi connectivity index (χ0n) is 11.4. The molecule has 3 atom stereocenters. The minimum atomic E-state index is 0. The fourth-order valence-corrected chi connectivity index (χ4v) is 3.73. The van der Waals surface area contributed by atoms with Crippen LogP contribution in [0.3, 0.4) is 0 Å². The quantitative estimate of drug-likeness (QED) is 0.910. The fraction of sp³-hybridized carbons (Fsp3) is 0.600. The number of hydrogen-bond donors (Lipinski definition) is 1. The van der Waals surface area contributed by atoms with Crippen LogP contribution in [0, 0.1) is 5.92 Å². The largest absolute Gasteiger partial charge is 0.326 e. The second-order valence-corrected chi connectivity index (χ2v) is 5.64. The Morgan fingerprint density at radius 2 is 1.68 bits per heavy atom. The maximum atomic E-state index is 6.46. The number of nitrogens with two attached hydrogens (primary N) is 1. The molecule has 3 heterocycles. The Morgan fingerprint density at radius 1 is 1.11 bits per heavy atom. The lowest BCUT2D eigenvalue weighted by Gasteiger charge is -2.52. The van der Waals surface area contributed by atoms with Crippen molar-refractivity contribution in [2.24, 2.45) is 11.7 Å². The van der Waals surface area contributed by atoms with Crippen molar-refractivity contribution in [2.75, 3.05) is 13.1 Å². The van der Waals surface area contributed by atoms with Gasteiger partial charge in [0.25, 0.3) is 0 Å². The van der Waals surface area contributed by atoms with E-state index in [-0.39, 0.29) is 24.8 Å². The van der Waals surface area contributed by atoms with E-state index >= 15 is 0 Å². The van der Waals surface area contributed by atoms with Crippen LogP contribution >= 0.6 is 24.8 Å². The molecule has 2 nitrogen and oxygen atoms in total. The van der Waals surface area contributed by atoms with Crippen molar-refractivity contribution < 1.29 is 0 Å². The van der Waals surface area contributed by atoms with Gasteiger partial charge in [0.05, 0.1) is 0 Å². The number of benzene rings is 1. The number of halogens is 2. The number of fused-ring (bicyclic) bond motifs is 3. The molecule has 0 amide bonds. The minimum absolute atomic E-state index is 0.